The van der Waals surface area contributed by atoms with E-state index in [9.17, 15) is 19.2 Å². The smallest absolute Gasteiger partial charge is 0.322 e. The summed E-state index contributed by atoms with van der Waals surface area (Å²) in [5.41, 5.74) is 0. The lowest BCUT2D eigenvalue weighted by molar-refractivity contribution is -0.138. The van der Waals surface area contributed by atoms with Gasteiger partial charge in [-0.25, -0.2) is 0 Å². The van der Waals surface area contributed by atoms with E-state index in [1.807, 2.05) is 6.92 Å². The molecule has 0 aromatic heterocycles. The molecule has 4 N–H and O–H groups in total. The topological polar surface area (TPSA) is 133 Å². The molecule has 0 aliphatic rings. The van der Waals surface area contributed by atoms with Crippen molar-refractivity contribution >= 4 is 23.8 Å². The van der Waals surface area contributed by atoms with Crippen LogP contribution in [-0.2, 0) is 19.2 Å². The van der Waals surface area contributed by atoms with Gasteiger partial charge in [0.2, 0.25) is 11.8 Å². The van der Waals surface area contributed by atoms with Crippen LogP contribution in [0.1, 0.15) is 40.0 Å². The number of aliphatic carboxylic acids is 2. The van der Waals surface area contributed by atoms with Gasteiger partial charge in [-0.3, -0.25) is 19.2 Å². The van der Waals surface area contributed by atoms with Gasteiger partial charge in [0.25, 0.3) is 0 Å². The van der Waals surface area contributed by atoms with Gasteiger partial charge in [0.05, 0.1) is 0 Å². The van der Waals surface area contributed by atoms with Crippen molar-refractivity contribution in [1.82, 2.24) is 10.6 Å². The zero-order valence-electron chi connectivity index (χ0n) is 13.8. The Morgan fingerprint density at radius 2 is 1.22 bits per heavy atom. The maximum absolute atomic E-state index is 11.7. The van der Waals surface area contributed by atoms with E-state index in [2.05, 4.69) is 10.6 Å². The number of hydrogen-bond acceptors (Lipinski definition) is 4. The lowest BCUT2D eigenvalue weighted by atomic mass is 9.90. The van der Waals surface area contributed by atoms with Crippen molar-refractivity contribution < 1.29 is 29.4 Å². The summed E-state index contributed by atoms with van der Waals surface area (Å²) in [5.74, 6) is -3.18. The van der Waals surface area contributed by atoms with Crippen LogP contribution in [0.2, 0.25) is 0 Å². The predicted molar refractivity (Wildman–Crippen MR) is 82.6 cm³/mol. The highest BCUT2D eigenvalue weighted by molar-refractivity contribution is 5.83. The van der Waals surface area contributed by atoms with Gasteiger partial charge in [-0.15, -0.1) is 0 Å². The third-order valence-corrected chi connectivity index (χ3v) is 3.57. The van der Waals surface area contributed by atoms with Gasteiger partial charge in [-0.05, 0) is 25.2 Å². The van der Waals surface area contributed by atoms with Crippen LogP contribution in [0.25, 0.3) is 0 Å². The molecule has 0 fully saturated rings. The van der Waals surface area contributed by atoms with Crippen LogP contribution < -0.4 is 10.6 Å². The molecule has 3 unspecified atom stereocenters. The number of carboxylic acids is 2. The molecule has 23 heavy (non-hydrogen) atoms. The number of carbonyl (C=O) groups is 4. The maximum atomic E-state index is 11.7. The molecule has 0 aliphatic carbocycles. The number of carboxylic acid groups (broad SMARTS) is 2. The fourth-order valence-electron chi connectivity index (χ4n) is 2.17. The summed E-state index contributed by atoms with van der Waals surface area (Å²) in [6.45, 7) is 4.64. The van der Waals surface area contributed by atoms with Crippen molar-refractivity contribution in [2.24, 2.45) is 17.8 Å². The van der Waals surface area contributed by atoms with Crippen LogP contribution in [0.4, 0.5) is 0 Å². The average molecular weight is 330 g/mol. The summed E-state index contributed by atoms with van der Waals surface area (Å²) in [5, 5.41) is 21.7. The third kappa shape index (κ3) is 10.3. The maximum Gasteiger partial charge on any atom is 0.322 e. The summed E-state index contributed by atoms with van der Waals surface area (Å²) >= 11 is 0. The minimum absolute atomic E-state index is 0.190. The first-order valence-electron chi connectivity index (χ1n) is 7.62. The average Bonchev–Trinajstić information content (AvgIpc) is 2.47. The Kier molecular flexibility index (Phi) is 9.60. The van der Waals surface area contributed by atoms with Gasteiger partial charge in [-0.2, -0.15) is 0 Å². The number of rotatable bonds is 11. The highest BCUT2D eigenvalue weighted by atomic mass is 16.4. The minimum atomic E-state index is -1.08. The summed E-state index contributed by atoms with van der Waals surface area (Å²) in [6, 6.07) is 0. The highest BCUT2D eigenvalue weighted by Crippen LogP contribution is 2.19. The molecule has 0 aromatic carbocycles. The van der Waals surface area contributed by atoms with Crippen LogP contribution in [0.3, 0.4) is 0 Å². The molecule has 0 rings (SSSR count). The zero-order chi connectivity index (χ0) is 18.0. The van der Waals surface area contributed by atoms with Gasteiger partial charge in [0.1, 0.15) is 13.1 Å². The molecule has 8 nitrogen and oxygen atoms in total. The Labute approximate surface area is 135 Å². The van der Waals surface area contributed by atoms with E-state index in [0.717, 1.165) is 6.42 Å². The second kappa shape index (κ2) is 10.6. The molecule has 3 atom stereocenters. The largest absolute Gasteiger partial charge is 0.480 e. The predicted octanol–water partition coefficient (Wildman–Crippen LogP) is 0.467. The minimum Gasteiger partial charge on any atom is -0.480 e. The Balaban J connectivity index is 4.06. The van der Waals surface area contributed by atoms with Crippen molar-refractivity contribution in [2.75, 3.05) is 13.1 Å². The molecular weight excluding hydrogens is 304 g/mol. The van der Waals surface area contributed by atoms with Crippen LogP contribution >= 0.6 is 0 Å². The Hall–Kier alpha value is -2.12. The Morgan fingerprint density at radius 1 is 0.783 bits per heavy atom. The first kappa shape index (κ1) is 20.9. The molecule has 2 amide bonds. The first-order chi connectivity index (χ1) is 10.6. The summed E-state index contributed by atoms with van der Waals surface area (Å²) in [7, 11) is 0. The Morgan fingerprint density at radius 3 is 1.65 bits per heavy atom. The molecule has 132 valence electrons. The van der Waals surface area contributed by atoms with E-state index < -0.39 is 18.5 Å². The molecule has 0 saturated carbocycles. The SMILES string of the molecule is CC(CCC(C)C(=O)NCC(=O)O)CC(C)C(=O)NCC(=O)O. The molecule has 0 heterocycles. The molecule has 0 saturated heterocycles. The molecule has 0 radical (unpaired) electrons. The summed E-state index contributed by atoms with van der Waals surface area (Å²) in [4.78, 5) is 44.1. The molecule has 8 heteroatoms. The van der Waals surface area contributed by atoms with Crippen LogP contribution in [0, 0.1) is 17.8 Å². The van der Waals surface area contributed by atoms with Gasteiger partial charge >= 0.3 is 11.9 Å². The first-order valence-corrected chi connectivity index (χ1v) is 7.62. The van der Waals surface area contributed by atoms with Crippen molar-refractivity contribution in [2.45, 2.75) is 40.0 Å². The van der Waals surface area contributed by atoms with Gasteiger partial charge in [0, 0.05) is 11.8 Å². The normalized spacial score (nSPS) is 14.4. The van der Waals surface area contributed by atoms with Gasteiger partial charge < -0.3 is 20.8 Å². The quantitative estimate of drug-likeness (QED) is 0.435. The zero-order valence-corrected chi connectivity index (χ0v) is 13.8. The van der Waals surface area contributed by atoms with E-state index in [4.69, 9.17) is 10.2 Å². The number of nitrogens with one attached hydrogen (secondary N) is 2. The third-order valence-electron chi connectivity index (χ3n) is 3.57. The molecule has 0 bridgehead atoms. The summed E-state index contributed by atoms with van der Waals surface area (Å²) < 4.78 is 0. The van der Waals surface area contributed by atoms with Gasteiger partial charge in [-0.1, -0.05) is 20.8 Å². The van der Waals surface area contributed by atoms with E-state index in [1.54, 1.807) is 13.8 Å². The fraction of sp³-hybridized carbons (Fsp3) is 0.733. The molecule has 0 aliphatic heterocycles. The fourth-order valence-corrected chi connectivity index (χ4v) is 2.17. The lowest BCUT2D eigenvalue weighted by Crippen LogP contribution is -2.34. The Bertz CT molecular complexity index is 438. The number of hydrogen-bond donors (Lipinski definition) is 4. The second-order valence-electron chi connectivity index (χ2n) is 5.94. The van der Waals surface area contributed by atoms with Crippen LogP contribution in [0.15, 0.2) is 0 Å². The van der Waals surface area contributed by atoms with E-state index in [0.29, 0.717) is 12.8 Å². The second-order valence-corrected chi connectivity index (χ2v) is 5.94. The van der Waals surface area contributed by atoms with Crippen molar-refractivity contribution in [1.29, 1.82) is 0 Å². The number of carbonyl (C=O) groups excluding carboxylic acids is 2. The van der Waals surface area contributed by atoms with Crippen molar-refractivity contribution in [3.05, 3.63) is 0 Å². The van der Waals surface area contributed by atoms with E-state index in [-0.39, 0.29) is 36.1 Å². The van der Waals surface area contributed by atoms with E-state index >= 15 is 0 Å². The van der Waals surface area contributed by atoms with Crippen LogP contribution in [-0.4, -0.2) is 47.1 Å². The van der Waals surface area contributed by atoms with Gasteiger partial charge in [0.15, 0.2) is 0 Å². The molecule has 0 aromatic rings. The highest BCUT2D eigenvalue weighted by Gasteiger charge is 2.19. The molecular formula is C15H26N2O6. The van der Waals surface area contributed by atoms with Crippen LogP contribution in [0.5, 0.6) is 0 Å². The standard InChI is InChI=1S/C15H26N2O6/c1-9(6-11(3)15(23)17-8-13(20)21)4-5-10(2)14(22)16-7-12(18)19/h9-11H,4-8H2,1-3H3,(H,16,22)(H,17,23)(H,18,19)(H,20,21). The monoisotopic (exact) mass is 330 g/mol. The van der Waals surface area contributed by atoms with Crippen molar-refractivity contribution in [3.8, 4) is 0 Å². The molecule has 0 spiro atoms. The van der Waals surface area contributed by atoms with E-state index in [1.165, 1.54) is 0 Å². The summed E-state index contributed by atoms with van der Waals surface area (Å²) in [6.07, 6.45) is 1.91. The van der Waals surface area contributed by atoms with Crippen molar-refractivity contribution in [3.63, 3.8) is 0 Å². The number of amides is 2. The lowest BCUT2D eigenvalue weighted by Gasteiger charge is -2.18.